The summed E-state index contributed by atoms with van der Waals surface area (Å²) in [6, 6.07) is 5.49. The van der Waals surface area contributed by atoms with E-state index in [-0.39, 0.29) is 12.1 Å². The van der Waals surface area contributed by atoms with Crippen molar-refractivity contribution in [2.24, 2.45) is 0 Å². The number of nitrogens with two attached hydrogens (primary N) is 1. The number of anilines is 1. The van der Waals surface area contributed by atoms with Crippen molar-refractivity contribution in [1.29, 1.82) is 0 Å². The summed E-state index contributed by atoms with van der Waals surface area (Å²) in [5.74, 6) is 8.58. The number of hydrogen-bond donors (Lipinski definition) is 1. The summed E-state index contributed by atoms with van der Waals surface area (Å²) in [5, 5.41) is 5.72. The van der Waals surface area contributed by atoms with Crippen LogP contribution in [-0.2, 0) is 4.74 Å². The third-order valence-electron chi connectivity index (χ3n) is 6.64. The molecule has 37 heavy (non-hydrogen) atoms. The zero-order valence-electron chi connectivity index (χ0n) is 22.0. The number of hydrogen-bond acceptors (Lipinski definition) is 7. The molecular weight excluding hydrogens is 470 g/mol. The second-order valence-electron chi connectivity index (χ2n) is 10.6. The first-order chi connectivity index (χ1) is 17.7. The van der Waals surface area contributed by atoms with E-state index in [0.29, 0.717) is 42.0 Å². The largest absolute Gasteiger partial charge is 0.497 e. The second kappa shape index (κ2) is 9.51. The maximum Gasteiger partial charge on any atom is 0.410 e. The Morgan fingerprint density at radius 3 is 2.41 bits per heavy atom. The molecule has 3 heterocycles. The van der Waals surface area contributed by atoms with Crippen LogP contribution in [0, 0.1) is 11.8 Å². The molecule has 0 spiro atoms. The smallest absolute Gasteiger partial charge is 0.410 e. The van der Waals surface area contributed by atoms with E-state index < -0.39 is 5.60 Å². The summed E-state index contributed by atoms with van der Waals surface area (Å²) in [6.07, 6.45) is 4.57. The molecule has 2 aliphatic rings. The molecule has 1 atom stereocenters. The highest BCUT2D eigenvalue weighted by atomic mass is 16.6. The Hall–Kier alpha value is -3.93. The van der Waals surface area contributed by atoms with Crippen LogP contribution in [0.15, 0.2) is 24.4 Å². The first-order valence-electron chi connectivity index (χ1n) is 12.6. The van der Waals surface area contributed by atoms with Gasteiger partial charge in [0.1, 0.15) is 28.6 Å². The van der Waals surface area contributed by atoms with Crippen LogP contribution in [0.4, 0.5) is 10.6 Å². The van der Waals surface area contributed by atoms with E-state index in [0.717, 1.165) is 41.3 Å². The lowest BCUT2D eigenvalue weighted by Crippen LogP contribution is -2.35. The van der Waals surface area contributed by atoms with E-state index in [1.54, 1.807) is 25.2 Å². The number of nitrogen functional groups attached to an aromatic ring is 1. The van der Waals surface area contributed by atoms with Gasteiger partial charge in [-0.25, -0.2) is 9.78 Å². The Morgan fingerprint density at radius 2 is 1.78 bits per heavy atom. The molecule has 1 aromatic carbocycles. The van der Waals surface area contributed by atoms with Crippen LogP contribution in [0.1, 0.15) is 68.8 Å². The van der Waals surface area contributed by atoms with Crippen LogP contribution < -0.4 is 15.2 Å². The lowest BCUT2D eigenvalue weighted by atomic mass is 10.1. The Morgan fingerprint density at radius 1 is 1.08 bits per heavy atom. The molecule has 1 saturated heterocycles. The van der Waals surface area contributed by atoms with Crippen molar-refractivity contribution < 1.29 is 19.0 Å². The summed E-state index contributed by atoms with van der Waals surface area (Å²) in [6.45, 7) is 6.74. The van der Waals surface area contributed by atoms with Gasteiger partial charge in [-0.1, -0.05) is 5.92 Å². The van der Waals surface area contributed by atoms with Crippen LogP contribution in [0.2, 0.25) is 0 Å². The zero-order valence-corrected chi connectivity index (χ0v) is 22.0. The van der Waals surface area contributed by atoms with Gasteiger partial charge in [-0.2, -0.15) is 5.10 Å². The minimum atomic E-state index is -0.543. The molecule has 1 aliphatic carbocycles. The molecule has 3 aromatic rings. The summed E-state index contributed by atoms with van der Waals surface area (Å²) < 4.78 is 18.4. The van der Waals surface area contributed by atoms with Crippen molar-refractivity contribution in [2.45, 2.75) is 57.6 Å². The number of ether oxygens (including phenoxy) is 3. The molecule has 0 radical (unpaired) electrons. The van der Waals surface area contributed by atoms with Gasteiger partial charge < -0.3 is 24.8 Å². The number of fused-ring (bicyclic) bond motifs is 1. The standard InChI is InChI=1S/C28H33N5O4/c1-28(2,3)37-27(34)32-11-10-19(16-32)33-25-22(18-7-8-18)15-30-26(29)24(25)23(31-33)9-6-17-12-20(35-4)14-21(13-17)36-5/h12-15,18-19H,7-8,10-11,16H2,1-5H3,(H2,29,30). The normalized spacial score (nSPS) is 17.4. The number of carbonyl (C=O) groups is 1. The molecule has 194 valence electrons. The topological polar surface area (TPSA) is 105 Å². The third kappa shape index (κ3) is 5.15. The summed E-state index contributed by atoms with van der Waals surface area (Å²) in [4.78, 5) is 19.0. The van der Waals surface area contributed by atoms with E-state index >= 15 is 0 Å². The molecule has 1 unspecified atom stereocenters. The molecule has 2 fully saturated rings. The van der Waals surface area contributed by atoms with Gasteiger partial charge in [-0.15, -0.1) is 0 Å². The number of carbonyl (C=O) groups excluding carboxylic acids is 1. The average molecular weight is 504 g/mol. The van der Waals surface area contributed by atoms with E-state index in [2.05, 4.69) is 16.8 Å². The minimum absolute atomic E-state index is 0.0122. The van der Waals surface area contributed by atoms with Crippen LogP contribution in [-0.4, -0.2) is 58.7 Å². The van der Waals surface area contributed by atoms with Crippen LogP contribution in [0.25, 0.3) is 10.9 Å². The quantitative estimate of drug-likeness (QED) is 0.523. The molecule has 1 saturated carbocycles. The highest BCUT2D eigenvalue weighted by Gasteiger charge is 2.35. The number of methoxy groups -OCH3 is 2. The number of amides is 1. The van der Waals surface area contributed by atoms with Gasteiger partial charge in [-0.05, 0) is 69.6 Å². The van der Waals surface area contributed by atoms with Crippen molar-refractivity contribution in [3.05, 3.63) is 41.2 Å². The number of benzene rings is 1. The average Bonchev–Trinajstić information content (AvgIpc) is 3.44. The third-order valence-corrected chi connectivity index (χ3v) is 6.64. The van der Waals surface area contributed by atoms with Crippen LogP contribution in [0.3, 0.4) is 0 Å². The van der Waals surface area contributed by atoms with Crippen molar-refractivity contribution in [3.8, 4) is 23.3 Å². The van der Waals surface area contributed by atoms with Crippen molar-refractivity contribution in [2.75, 3.05) is 33.0 Å². The molecule has 9 heteroatoms. The molecule has 2 N–H and O–H groups in total. The van der Waals surface area contributed by atoms with Crippen molar-refractivity contribution in [1.82, 2.24) is 19.7 Å². The minimum Gasteiger partial charge on any atom is -0.497 e. The predicted octanol–water partition coefficient (Wildman–Crippen LogP) is 4.49. The Bertz CT molecular complexity index is 1390. The number of likely N-dealkylation sites (tertiary alicyclic amines) is 1. The van der Waals surface area contributed by atoms with E-state index in [4.69, 9.17) is 25.0 Å². The van der Waals surface area contributed by atoms with E-state index in [1.807, 2.05) is 43.8 Å². The maximum absolute atomic E-state index is 12.7. The van der Waals surface area contributed by atoms with Crippen molar-refractivity contribution >= 4 is 22.8 Å². The Balaban J connectivity index is 1.55. The highest BCUT2D eigenvalue weighted by molar-refractivity contribution is 5.95. The number of aromatic nitrogens is 3. The number of rotatable bonds is 4. The lowest BCUT2D eigenvalue weighted by molar-refractivity contribution is 0.0288. The van der Waals surface area contributed by atoms with Gasteiger partial charge in [0.2, 0.25) is 0 Å². The SMILES string of the molecule is COc1cc(C#Cc2nn(C3CCN(C(=O)OC(C)(C)C)C3)c3c(C4CC4)cnc(N)c23)cc(OC)c1. The summed E-state index contributed by atoms with van der Waals surface area (Å²) in [7, 11) is 3.21. The van der Waals surface area contributed by atoms with Gasteiger partial charge in [0.05, 0.1) is 31.2 Å². The first-order valence-corrected chi connectivity index (χ1v) is 12.6. The van der Waals surface area contributed by atoms with E-state index in [9.17, 15) is 4.79 Å². The maximum atomic E-state index is 12.7. The Labute approximate surface area is 216 Å². The number of nitrogens with zero attached hydrogens (tertiary/aromatic N) is 4. The van der Waals surface area contributed by atoms with Gasteiger partial charge in [0, 0.05) is 30.9 Å². The molecule has 1 amide bonds. The molecule has 0 bridgehead atoms. The van der Waals surface area contributed by atoms with Crippen LogP contribution >= 0.6 is 0 Å². The summed E-state index contributed by atoms with van der Waals surface area (Å²) >= 11 is 0. The lowest BCUT2D eigenvalue weighted by Gasteiger charge is -2.24. The van der Waals surface area contributed by atoms with Gasteiger partial charge in [0.25, 0.3) is 0 Å². The Kier molecular flexibility index (Phi) is 6.36. The first kappa shape index (κ1) is 24.8. The number of pyridine rings is 1. The highest BCUT2D eigenvalue weighted by Crippen LogP contribution is 2.45. The molecule has 5 rings (SSSR count). The molecule has 1 aliphatic heterocycles. The predicted molar refractivity (Wildman–Crippen MR) is 141 cm³/mol. The van der Waals surface area contributed by atoms with E-state index in [1.165, 1.54) is 0 Å². The van der Waals surface area contributed by atoms with Crippen molar-refractivity contribution in [3.63, 3.8) is 0 Å². The van der Waals surface area contributed by atoms with Gasteiger partial charge in [-0.3, -0.25) is 4.68 Å². The fourth-order valence-electron chi connectivity index (χ4n) is 4.71. The fraction of sp³-hybridized carbons (Fsp3) is 0.464. The van der Waals surface area contributed by atoms with Crippen LogP contribution in [0.5, 0.6) is 11.5 Å². The molecule has 9 nitrogen and oxygen atoms in total. The summed E-state index contributed by atoms with van der Waals surface area (Å²) in [5.41, 5.74) is 9.28. The second-order valence-corrected chi connectivity index (χ2v) is 10.6. The molecular formula is C28H33N5O4. The zero-order chi connectivity index (χ0) is 26.3. The van der Waals surface area contributed by atoms with Gasteiger partial charge in [0.15, 0.2) is 0 Å². The fourth-order valence-corrected chi connectivity index (χ4v) is 4.71. The monoisotopic (exact) mass is 503 g/mol. The van der Waals surface area contributed by atoms with Gasteiger partial charge >= 0.3 is 6.09 Å². The molecule has 2 aromatic heterocycles.